The van der Waals surface area contributed by atoms with Crippen LogP contribution in [0.2, 0.25) is 0 Å². The predicted molar refractivity (Wildman–Crippen MR) is 71.2 cm³/mol. The molecule has 0 spiro atoms. The van der Waals surface area contributed by atoms with Crippen molar-refractivity contribution in [3.05, 3.63) is 53.8 Å². The van der Waals surface area contributed by atoms with Crippen molar-refractivity contribution in [3.63, 3.8) is 0 Å². The van der Waals surface area contributed by atoms with E-state index in [1.165, 1.54) is 30.3 Å². The zero-order valence-corrected chi connectivity index (χ0v) is 11.6. The van der Waals surface area contributed by atoms with Crippen molar-refractivity contribution in [2.75, 3.05) is 0 Å². The molecule has 0 aromatic heterocycles. The van der Waals surface area contributed by atoms with Crippen LogP contribution < -0.4 is 4.74 Å². The van der Waals surface area contributed by atoms with E-state index in [-0.39, 0.29) is 11.1 Å². The zero-order chi connectivity index (χ0) is 14.8. The van der Waals surface area contributed by atoms with E-state index < -0.39 is 12.2 Å². The van der Waals surface area contributed by atoms with Gasteiger partial charge in [-0.1, -0.05) is 40.2 Å². The first-order valence-electron chi connectivity index (χ1n) is 5.60. The molecule has 0 bridgehead atoms. The second kappa shape index (κ2) is 5.83. The third-order valence-electron chi connectivity index (χ3n) is 2.63. The molecule has 0 aliphatic heterocycles. The number of hydrogen-bond donors (Lipinski definition) is 0. The Morgan fingerprint density at radius 1 is 1.05 bits per heavy atom. The molecular weight excluding hydrogens is 340 g/mol. The van der Waals surface area contributed by atoms with Gasteiger partial charge in [0, 0.05) is 10.9 Å². The van der Waals surface area contributed by atoms with Gasteiger partial charge in [-0.05, 0) is 29.3 Å². The molecule has 0 saturated heterocycles. The highest BCUT2D eigenvalue weighted by Crippen LogP contribution is 2.31. The van der Waals surface area contributed by atoms with Gasteiger partial charge in [0.25, 0.3) is 0 Å². The van der Waals surface area contributed by atoms with Crippen LogP contribution in [0.3, 0.4) is 0 Å². The molecule has 0 aliphatic carbocycles. The third kappa shape index (κ3) is 3.50. The number of benzene rings is 2. The fraction of sp³-hybridized carbons (Fsp3) is 0.143. The fourth-order valence-electron chi connectivity index (χ4n) is 1.83. The van der Waals surface area contributed by atoms with Gasteiger partial charge in [0.15, 0.2) is 0 Å². The van der Waals surface area contributed by atoms with Crippen LogP contribution in [0.15, 0.2) is 42.5 Å². The molecule has 0 fully saturated rings. The summed E-state index contributed by atoms with van der Waals surface area (Å²) in [4.78, 5) is 0. The number of rotatable bonds is 3. The van der Waals surface area contributed by atoms with Crippen LogP contribution in [0, 0.1) is 5.82 Å². The smallest absolute Gasteiger partial charge is 0.406 e. The van der Waals surface area contributed by atoms with Gasteiger partial charge < -0.3 is 4.74 Å². The molecule has 0 unspecified atom stereocenters. The van der Waals surface area contributed by atoms with Gasteiger partial charge in [-0.2, -0.15) is 0 Å². The SMILES string of the molecule is Fc1cccc(-c2cccc(OC(F)(F)F)c2)c1CBr. The summed E-state index contributed by atoms with van der Waals surface area (Å²) in [6, 6.07) is 9.92. The Morgan fingerprint density at radius 3 is 2.40 bits per heavy atom. The lowest BCUT2D eigenvalue weighted by Gasteiger charge is -2.12. The van der Waals surface area contributed by atoms with Gasteiger partial charge in [-0.3, -0.25) is 0 Å². The molecule has 2 aromatic rings. The monoisotopic (exact) mass is 348 g/mol. The van der Waals surface area contributed by atoms with Crippen molar-refractivity contribution in [1.82, 2.24) is 0 Å². The van der Waals surface area contributed by atoms with Crippen molar-refractivity contribution < 1.29 is 22.3 Å². The van der Waals surface area contributed by atoms with Crippen molar-refractivity contribution >= 4 is 15.9 Å². The van der Waals surface area contributed by atoms with Crippen LogP contribution in [-0.4, -0.2) is 6.36 Å². The Balaban J connectivity index is 2.44. The first-order valence-corrected chi connectivity index (χ1v) is 6.72. The van der Waals surface area contributed by atoms with Gasteiger partial charge >= 0.3 is 6.36 Å². The van der Waals surface area contributed by atoms with Gasteiger partial charge in [0.2, 0.25) is 0 Å². The second-order valence-corrected chi connectivity index (χ2v) is 4.54. The fourth-order valence-corrected chi connectivity index (χ4v) is 2.40. The normalized spacial score (nSPS) is 11.4. The molecule has 0 N–H and O–H groups in total. The Hall–Kier alpha value is -1.56. The lowest BCUT2D eigenvalue weighted by atomic mass is 10.00. The molecule has 2 rings (SSSR count). The maximum atomic E-state index is 13.7. The molecule has 2 aromatic carbocycles. The highest BCUT2D eigenvalue weighted by Gasteiger charge is 2.31. The average Bonchev–Trinajstić information content (AvgIpc) is 2.36. The lowest BCUT2D eigenvalue weighted by molar-refractivity contribution is -0.274. The van der Waals surface area contributed by atoms with Gasteiger partial charge in [0.05, 0.1) is 0 Å². The zero-order valence-electron chi connectivity index (χ0n) is 10.0. The highest BCUT2D eigenvalue weighted by atomic mass is 79.9. The topological polar surface area (TPSA) is 9.23 Å². The van der Waals surface area contributed by atoms with Gasteiger partial charge in [-0.25, -0.2) is 4.39 Å². The Bertz CT molecular complexity index is 610. The van der Waals surface area contributed by atoms with E-state index in [9.17, 15) is 17.6 Å². The van der Waals surface area contributed by atoms with E-state index in [4.69, 9.17) is 0 Å². The first-order chi connectivity index (χ1) is 9.40. The maximum absolute atomic E-state index is 13.7. The van der Waals surface area contributed by atoms with Crippen LogP contribution in [0.1, 0.15) is 5.56 Å². The van der Waals surface area contributed by atoms with Crippen LogP contribution in [0.5, 0.6) is 5.75 Å². The summed E-state index contributed by atoms with van der Waals surface area (Å²) >= 11 is 3.17. The van der Waals surface area contributed by atoms with Crippen molar-refractivity contribution in [1.29, 1.82) is 0 Å². The summed E-state index contributed by atoms with van der Waals surface area (Å²) < 4.78 is 54.1. The van der Waals surface area contributed by atoms with E-state index >= 15 is 0 Å². The Morgan fingerprint density at radius 2 is 1.75 bits per heavy atom. The highest BCUT2D eigenvalue weighted by molar-refractivity contribution is 9.08. The first kappa shape index (κ1) is 14.8. The minimum Gasteiger partial charge on any atom is -0.406 e. The Kier molecular flexibility index (Phi) is 4.32. The summed E-state index contributed by atoms with van der Waals surface area (Å²) in [6.07, 6.45) is -4.75. The number of halogens is 5. The molecule has 6 heteroatoms. The van der Waals surface area contributed by atoms with Crippen molar-refractivity contribution in [2.45, 2.75) is 11.7 Å². The number of ether oxygens (including phenoxy) is 1. The van der Waals surface area contributed by atoms with Crippen LogP contribution in [-0.2, 0) is 5.33 Å². The Labute approximate surface area is 121 Å². The third-order valence-corrected chi connectivity index (χ3v) is 3.19. The van der Waals surface area contributed by atoms with Gasteiger partial charge in [-0.15, -0.1) is 13.2 Å². The van der Waals surface area contributed by atoms with E-state index in [0.717, 1.165) is 0 Å². The van der Waals surface area contributed by atoms with Crippen LogP contribution in [0.25, 0.3) is 11.1 Å². The van der Waals surface area contributed by atoms with Crippen LogP contribution >= 0.6 is 15.9 Å². The largest absolute Gasteiger partial charge is 0.573 e. The average molecular weight is 349 g/mol. The number of alkyl halides is 4. The summed E-state index contributed by atoms with van der Waals surface area (Å²) in [5, 5.41) is 0.263. The summed E-state index contributed by atoms with van der Waals surface area (Å²) in [5.41, 5.74) is 1.37. The second-order valence-electron chi connectivity index (χ2n) is 3.98. The predicted octanol–water partition coefficient (Wildman–Crippen LogP) is 5.29. The molecule has 0 heterocycles. The summed E-state index contributed by atoms with van der Waals surface area (Å²) in [7, 11) is 0. The van der Waals surface area contributed by atoms with E-state index in [2.05, 4.69) is 20.7 Å². The summed E-state index contributed by atoms with van der Waals surface area (Å²) in [6.45, 7) is 0. The minimum atomic E-state index is -4.75. The molecule has 0 atom stereocenters. The molecule has 1 nitrogen and oxygen atoms in total. The van der Waals surface area contributed by atoms with E-state index in [0.29, 0.717) is 16.7 Å². The summed E-state index contributed by atoms with van der Waals surface area (Å²) in [5.74, 6) is -0.749. The minimum absolute atomic E-state index is 0.263. The molecule has 0 aliphatic rings. The van der Waals surface area contributed by atoms with Crippen LogP contribution in [0.4, 0.5) is 17.6 Å². The molecule has 0 radical (unpaired) electrons. The lowest BCUT2D eigenvalue weighted by Crippen LogP contribution is -2.17. The molecule has 20 heavy (non-hydrogen) atoms. The molecule has 106 valence electrons. The standard InChI is InChI=1S/C14H9BrF4O/c15-8-12-11(5-2-6-13(12)16)9-3-1-4-10(7-9)20-14(17,18)19/h1-7H,8H2. The van der Waals surface area contributed by atoms with Crippen molar-refractivity contribution in [2.24, 2.45) is 0 Å². The van der Waals surface area contributed by atoms with E-state index in [1.807, 2.05) is 0 Å². The van der Waals surface area contributed by atoms with E-state index in [1.54, 1.807) is 12.1 Å². The number of hydrogen-bond acceptors (Lipinski definition) is 1. The van der Waals surface area contributed by atoms with Gasteiger partial charge in [0.1, 0.15) is 11.6 Å². The maximum Gasteiger partial charge on any atom is 0.573 e. The van der Waals surface area contributed by atoms with Crippen molar-refractivity contribution in [3.8, 4) is 16.9 Å². The molecule has 0 amide bonds. The quantitative estimate of drug-likeness (QED) is 0.541. The molecule has 0 saturated carbocycles. The molecular formula is C14H9BrF4O.